The first-order chi connectivity index (χ1) is 8.19. The average molecular weight is 259 g/mol. The van der Waals surface area contributed by atoms with Crippen molar-refractivity contribution >= 4 is 17.4 Å². The predicted molar refractivity (Wildman–Crippen MR) is 69.8 cm³/mol. The Kier molecular flexibility index (Phi) is 6.00. The van der Waals surface area contributed by atoms with Crippen LogP contribution in [0.5, 0.6) is 6.01 Å². The van der Waals surface area contributed by atoms with Crippen LogP contribution in [0.4, 0.5) is 5.82 Å². The van der Waals surface area contributed by atoms with Crippen molar-refractivity contribution in [2.45, 2.75) is 19.3 Å². The number of ether oxygens (including phenoxy) is 1. The Hall–Kier alpha value is -1.07. The van der Waals surface area contributed by atoms with E-state index in [1.165, 1.54) is 7.11 Å². The molecule has 0 radical (unpaired) electrons. The monoisotopic (exact) mass is 258 g/mol. The van der Waals surface area contributed by atoms with Crippen LogP contribution in [-0.4, -0.2) is 37.2 Å². The first kappa shape index (κ1) is 14.0. The molecule has 0 bridgehead atoms. The summed E-state index contributed by atoms with van der Waals surface area (Å²) in [4.78, 5) is 10.2. The molecule has 0 spiro atoms. The van der Waals surface area contributed by atoms with Gasteiger partial charge in [-0.15, -0.1) is 0 Å². The highest BCUT2D eigenvalue weighted by molar-refractivity contribution is 6.32. The molecule has 2 N–H and O–H groups in total. The first-order valence-electron chi connectivity index (χ1n) is 5.66. The molecule has 0 saturated heterocycles. The largest absolute Gasteiger partial charge is 0.467 e. The molecule has 0 aliphatic rings. The lowest BCUT2D eigenvalue weighted by Gasteiger charge is -2.19. The molecule has 6 heteroatoms. The second-order valence-electron chi connectivity index (χ2n) is 3.80. The van der Waals surface area contributed by atoms with Crippen LogP contribution in [0.25, 0.3) is 0 Å². The smallest absolute Gasteiger partial charge is 0.318 e. The summed E-state index contributed by atoms with van der Waals surface area (Å²) in [6.07, 6.45) is 4.78. The Morgan fingerprint density at radius 1 is 1.41 bits per heavy atom. The van der Waals surface area contributed by atoms with E-state index >= 15 is 0 Å². The van der Waals surface area contributed by atoms with Crippen molar-refractivity contribution in [2.24, 2.45) is 5.73 Å². The number of rotatable bonds is 7. The zero-order valence-corrected chi connectivity index (χ0v) is 11.1. The maximum absolute atomic E-state index is 6.05. The minimum absolute atomic E-state index is 0.332. The first-order valence-corrected chi connectivity index (χ1v) is 6.04. The van der Waals surface area contributed by atoms with E-state index in [4.69, 9.17) is 22.1 Å². The van der Waals surface area contributed by atoms with Gasteiger partial charge >= 0.3 is 6.01 Å². The Morgan fingerprint density at radius 2 is 2.18 bits per heavy atom. The summed E-state index contributed by atoms with van der Waals surface area (Å²) >= 11 is 6.05. The van der Waals surface area contributed by atoms with Crippen molar-refractivity contribution in [2.75, 3.05) is 32.1 Å². The van der Waals surface area contributed by atoms with Gasteiger partial charge in [-0.2, -0.15) is 4.98 Å². The van der Waals surface area contributed by atoms with E-state index in [1.807, 2.05) is 11.9 Å². The van der Waals surface area contributed by atoms with Crippen molar-refractivity contribution in [3.8, 4) is 6.01 Å². The zero-order chi connectivity index (χ0) is 12.7. The molecule has 0 saturated carbocycles. The summed E-state index contributed by atoms with van der Waals surface area (Å²) in [6.45, 7) is 1.63. The van der Waals surface area contributed by atoms with Crippen LogP contribution in [0.15, 0.2) is 6.20 Å². The van der Waals surface area contributed by atoms with E-state index in [0.717, 1.165) is 32.4 Å². The van der Waals surface area contributed by atoms with Crippen LogP contribution in [0.1, 0.15) is 19.3 Å². The Morgan fingerprint density at radius 3 is 2.82 bits per heavy atom. The number of nitrogens with two attached hydrogens (primary N) is 1. The quantitative estimate of drug-likeness (QED) is 0.755. The maximum Gasteiger partial charge on any atom is 0.318 e. The van der Waals surface area contributed by atoms with Crippen LogP contribution >= 0.6 is 11.6 Å². The highest BCUT2D eigenvalue weighted by Gasteiger charge is 2.10. The van der Waals surface area contributed by atoms with Crippen LogP contribution < -0.4 is 15.4 Å². The fourth-order valence-electron chi connectivity index (χ4n) is 1.48. The third-order valence-corrected chi connectivity index (χ3v) is 2.71. The van der Waals surface area contributed by atoms with Crippen molar-refractivity contribution in [3.63, 3.8) is 0 Å². The molecule has 96 valence electrons. The summed E-state index contributed by atoms with van der Waals surface area (Å²) in [6, 6.07) is 0.332. The van der Waals surface area contributed by atoms with Gasteiger partial charge in [0.05, 0.1) is 13.3 Å². The number of hydrogen-bond acceptors (Lipinski definition) is 5. The minimum atomic E-state index is 0.332. The fourth-order valence-corrected chi connectivity index (χ4v) is 1.72. The molecule has 1 aromatic heterocycles. The van der Waals surface area contributed by atoms with E-state index in [2.05, 4.69) is 9.97 Å². The van der Waals surface area contributed by atoms with Gasteiger partial charge in [0, 0.05) is 13.6 Å². The average Bonchev–Trinajstić information content (AvgIpc) is 2.35. The third-order valence-electron chi connectivity index (χ3n) is 2.45. The molecule has 0 aromatic carbocycles. The van der Waals surface area contributed by atoms with Crippen LogP contribution in [0.3, 0.4) is 0 Å². The van der Waals surface area contributed by atoms with Crippen LogP contribution in [0, 0.1) is 0 Å². The van der Waals surface area contributed by atoms with E-state index in [1.54, 1.807) is 6.20 Å². The van der Waals surface area contributed by atoms with Crippen molar-refractivity contribution in [3.05, 3.63) is 11.2 Å². The molecule has 17 heavy (non-hydrogen) atoms. The number of hydrogen-bond donors (Lipinski definition) is 1. The lowest BCUT2D eigenvalue weighted by molar-refractivity contribution is 0.380. The molecular weight excluding hydrogens is 240 g/mol. The maximum atomic E-state index is 6.05. The highest BCUT2D eigenvalue weighted by Crippen LogP contribution is 2.23. The fraction of sp³-hybridized carbons (Fsp3) is 0.636. The van der Waals surface area contributed by atoms with Gasteiger partial charge in [0.2, 0.25) is 0 Å². The molecule has 0 fully saturated rings. The van der Waals surface area contributed by atoms with E-state index in [-0.39, 0.29) is 0 Å². The number of halogens is 1. The van der Waals surface area contributed by atoms with Crippen molar-refractivity contribution in [1.29, 1.82) is 0 Å². The van der Waals surface area contributed by atoms with Gasteiger partial charge in [0.15, 0.2) is 5.82 Å². The lowest BCUT2D eigenvalue weighted by Crippen LogP contribution is -2.20. The normalized spacial score (nSPS) is 10.4. The second kappa shape index (κ2) is 7.29. The van der Waals surface area contributed by atoms with Gasteiger partial charge < -0.3 is 15.4 Å². The zero-order valence-electron chi connectivity index (χ0n) is 10.3. The Labute approximate surface area is 107 Å². The molecule has 0 unspecified atom stereocenters. The van der Waals surface area contributed by atoms with Gasteiger partial charge in [0.1, 0.15) is 5.02 Å². The van der Waals surface area contributed by atoms with Crippen LogP contribution in [-0.2, 0) is 0 Å². The Balaban J connectivity index is 2.57. The van der Waals surface area contributed by atoms with Crippen LogP contribution in [0.2, 0.25) is 5.02 Å². The number of unbranched alkanes of at least 4 members (excludes halogenated alkanes) is 2. The standard InChI is InChI=1S/C11H19ClN4O/c1-16(7-5-3-4-6-13)10-9(12)8-14-11(15-10)17-2/h8H,3-7,13H2,1-2H3. The molecule has 5 nitrogen and oxygen atoms in total. The molecule has 0 amide bonds. The summed E-state index contributed by atoms with van der Waals surface area (Å²) in [5.41, 5.74) is 5.45. The number of methoxy groups -OCH3 is 1. The molecule has 0 aliphatic heterocycles. The number of nitrogens with zero attached hydrogens (tertiary/aromatic N) is 3. The molecule has 0 aliphatic carbocycles. The summed E-state index contributed by atoms with van der Waals surface area (Å²) in [7, 11) is 3.49. The lowest BCUT2D eigenvalue weighted by atomic mass is 10.2. The number of anilines is 1. The topological polar surface area (TPSA) is 64.3 Å². The van der Waals surface area contributed by atoms with Crippen molar-refractivity contribution in [1.82, 2.24) is 9.97 Å². The third kappa shape index (κ3) is 4.36. The van der Waals surface area contributed by atoms with Gasteiger partial charge in [0.25, 0.3) is 0 Å². The predicted octanol–water partition coefficient (Wildman–Crippen LogP) is 1.70. The minimum Gasteiger partial charge on any atom is -0.467 e. The molecule has 0 atom stereocenters. The van der Waals surface area contributed by atoms with E-state index < -0.39 is 0 Å². The second-order valence-corrected chi connectivity index (χ2v) is 4.21. The van der Waals surface area contributed by atoms with Gasteiger partial charge in [-0.25, -0.2) is 4.98 Å². The van der Waals surface area contributed by atoms with E-state index in [9.17, 15) is 0 Å². The molecule has 1 aromatic rings. The molecular formula is C11H19ClN4O. The molecule has 1 heterocycles. The van der Waals surface area contributed by atoms with E-state index in [0.29, 0.717) is 16.9 Å². The van der Waals surface area contributed by atoms with Crippen molar-refractivity contribution < 1.29 is 4.74 Å². The van der Waals surface area contributed by atoms with Gasteiger partial charge in [-0.1, -0.05) is 18.0 Å². The van der Waals surface area contributed by atoms with Gasteiger partial charge in [-0.3, -0.25) is 0 Å². The Bertz CT molecular complexity index is 348. The SMILES string of the molecule is COc1ncc(Cl)c(N(C)CCCCCN)n1. The molecule has 1 rings (SSSR count). The summed E-state index contributed by atoms with van der Waals surface area (Å²) in [5, 5.41) is 0.534. The highest BCUT2D eigenvalue weighted by atomic mass is 35.5. The number of aromatic nitrogens is 2. The summed E-state index contributed by atoms with van der Waals surface area (Å²) < 4.78 is 4.98. The summed E-state index contributed by atoms with van der Waals surface area (Å²) in [5.74, 6) is 0.700. The van der Waals surface area contributed by atoms with Gasteiger partial charge in [-0.05, 0) is 19.4 Å².